The molecule has 2 nitrogen and oxygen atoms in total. The van der Waals surface area contributed by atoms with E-state index >= 15 is 0 Å². The number of hydrogen-bond acceptors (Lipinski definition) is 2. The van der Waals surface area contributed by atoms with Gasteiger partial charge >= 0.3 is 0 Å². The smallest absolute Gasteiger partial charge is 0.258 e. The van der Waals surface area contributed by atoms with Crippen LogP contribution in [0.2, 0.25) is 0 Å². The van der Waals surface area contributed by atoms with Gasteiger partial charge in [-0.15, -0.1) is 11.3 Å². The van der Waals surface area contributed by atoms with Crippen LogP contribution in [0.5, 0.6) is 0 Å². The van der Waals surface area contributed by atoms with Crippen LogP contribution in [0, 0.1) is 11.6 Å². The molecule has 1 heterocycles. The van der Waals surface area contributed by atoms with E-state index in [1.54, 1.807) is 6.07 Å². The summed E-state index contributed by atoms with van der Waals surface area (Å²) in [6.07, 6.45) is 1.37. The van der Waals surface area contributed by atoms with Crippen molar-refractivity contribution in [3.63, 3.8) is 0 Å². The standard InChI is InChI=1S/C13H9F2NOS/c14-9-3-6-1-2-7-4-11(13(16)17)18-12(7)8(6)5-10(9)15/h3-5H,1-2H2,(H2,16,17). The van der Waals surface area contributed by atoms with Crippen LogP contribution >= 0.6 is 11.3 Å². The molecule has 92 valence electrons. The van der Waals surface area contributed by atoms with Gasteiger partial charge in [-0.05, 0) is 47.7 Å². The predicted octanol–water partition coefficient (Wildman–Crippen LogP) is 2.89. The Labute approximate surface area is 106 Å². The van der Waals surface area contributed by atoms with Crippen molar-refractivity contribution < 1.29 is 13.6 Å². The molecule has 2 N–H and O–H groups in total. The molecule has 1 amide bonds. The van der Waals surface area contributed by atoms with E-state index in [9.17, 15) is 13.6 Å². The lowest BCUT2D eigenvalue weighted by molar-refractivity contribution is 0.100. The Bertz CT molecular complexity index is 663. The van der Waals surface area contributed by atoms with Crippen molar-refractivity contribution in [1.29, 1.82) is 0 Å². The molecule has 0 saturated carbocycles. The summed E-state index contributed by atoms with van der Waals surface area (Å²) in [6, 6.07) is 4.17. The van der Waals surface area contributed by atoms with Gasteiger partial charge in [-0.1, -0.05) is 0 Å². The minimum absolute atomic E-state index is 0.456. The number of nitrogens with two attached hydrogens (primary N) is 1. The predicted molar refractivity (Wildman–Crippen MR) is 65.6 cm³/mol. The van der Waals surface area contributed by atoms with E-state index in [-0.39, 0.29) is 0 Å². The topological polar surface area (TPSA) is 43.1 Å². The van der Waals surface area contributed by atoms with Crippen LogP contribution in [-0.4, -0.2) is 5.91 Å². The first kappa shape index (κ1) is 11.3. The van der Waals surface area contributed by atoms with Crippen LogP contribution in [0.15, 0.2) is 18.2 Å². The normalized spacial score (nSPS) is 13.0. The third-order valence-electron chi connectivity index (χ3n) is 3.11. The first-order chi connectivity index (χ1) is 8.56. The Kier molecular flexibility index (Phi) is 2.45. The second kappa shape index (κ2) is 3.88. The van der Waals surface area contributed by atoms with Crippen molar-refractivity contribution in [2.75, 3.05) is 0 Å². The first-order valence-corrected chi connectivity index (χ1v) is 6.28. The zero-order chi connectivity index (χ0) is 12.9. The second-order valence-corrected chi connectivity index (χ2v) is 5.30. The summed E-state index contributed by atoms with van der Waals surface area (Å²) in [6.45, 7) is 0. The lowest BCUT2D eigenvalue weighted by Gasteiger charge is -2.16. The monoisotopic (exact) mass is 265 g/mol. The number of thiophene rings is 1. The minimum atomic E-state index is -0.865. The third-order valence-corrected chi connectivity index (χ3v) is 4.33. The van der Waals surface area contributed by atoms with Crippen molar-refractivity contribution in [2.24, 2.45) is 5.73 Å². The molecule has 1 aromatic heterocycles. The van der Waals surface area contributed by atoms with Gasteiger partial charge in [-0.25, -0.2) is 8.78 Å². The summed E-state index contributed by atoms with van der Waals surface area (Å²) >= 11 is 1.24. The van der Waals surface area contributed by atoms with Gasteiger partial charge in [0.2, 0.25) is 0 Å². The van der Waals surface area contributed by atoms with Crippen molar-refractivity contribution in [3.05, 3.63) is 45.8 Å². The van der Waals surface area contributed by atoms with Gasteiger partial charge < -0.3 is 5.73 Å². The van der Waals surface area contributed by atoms with Crippen LogP contribution in [0.1, 0.15) is 20.8 Å². The average molecular weight is 265 g/mol. The van der Waals surface area contributed by atoms with E-state index in [0.29, 0.717) is 16.9 Å². The molecule has 0 saturated heterocycles. The third kappa shape index (κ3) is 1.62. The molecule has 3 rings (SSSR count). The number of carbonyl (C=O) groups excluding carboxylic acids is 1. The van der Waals surface area contributed by atoms with Gasteiger partial charge in [0.05, 0.1) is 4.88 Å². The summed E-state index contributed by atoms with van der Waals surface area (Å²) in [7, 11) is 0. The number of hydrogen-bond donors (Lipinski definition) is 1. The molecule has 0 bridgehead atoms. The lowest BCUT2D eigenvalue weighted by atomic mass is 9.91. The minimum Gasteiger partial charge on any atom is -0.365 e. The van der Waals surface area contributed by atoms with E-state index in [4.69, 9.17) is 5.73 Å². The lowest BCUT2D eigenvalue weighted by Crippen LogP contribution is -2.08. The number of amides is 1. The molecule has 1 aliphatic rings. The molecular formula is C13H9F2NOS. The zero-order valence-corrected chi connectivity index (χ0v) is 10.1. The van der Waals surface area contributed by atoms with Gasteiger partial charge in [-0.3, -0.25) is 4.79 Å². The van der Waals surface area contributed by atoms with Crippen LogP contribution < -0.4 is 5.73 Å². The van der Waals surface area contributed by atoms with Crippen molar-refractivity contribution >= 4 is 17.2 Å². The van der Waals surface area contributed by atoms with Crippen molar-refractivity contribution in [3.8, 4) is 10.4 Å². The molecule has 5 heteroatoms. The first-order valence-electron chi connectivity index (χ1n) is 5.47. The number of benzene rings is 1. The fourth-order valence-electron chi connectivity index (χ4n) is 2.24. The largest absolute Gasteiger partial charge is 0.365 e. The van der Waals surface area contributed by atoms with E-state index in [1.807, 2.05) is 0 Å². The van der Waals surface area contributed by atoms with Crippen LogP contribution in [0.3, 0.4) is 0 Å². The number of rotatable bonds is 1. The molecule has 0 fully saturated rings. The molecule has 0 atom stereocenters. The maximum absolute atomic E-state index is 13.3. The second-order valence-electron chi connectivity index (χ2n) is 4.25. The summed E-state index contributed by atoms with van der Waals surface area (Å²) in [5.74, 6) is -2.18. The average Bonchev–Trinajstić information content (AvgIpc) is 2.75. The van der Waals surface area contributed by atoms with Gasteiger partial charge in [0.15, 0.2) is 11.6 Å². The molecule has 0 spiro atoms. The Morgan fingerprint density at radius 3 is 2.50 bits per heavy atom. The fourth-order valence-corrected chi connectivity index (χ4v) is 3.35. The molecule has 0 unspecified atom stereocenters. The molecule has 0 aliphatic heterocycles. The summed E-state index contributed by atoms with van der Waals surface area (Å²) in [5.41, 5.74) is 7.67. The Balaban J connectivity index is 2.21. The van der Waals surface area contributed by atoms with Crippen molar-refractivity contribution in [1.82, 2.24) is 0 Å². The van der Waals surface area contributed by atoms with Gasteiger partial charge in [0.1, 0.15) is 0 Å². The van der Waals surface area contributed by atoms with Crippen LogP contribution in [0.25, 0.3) is 10.4 Å². The number of primary amides is 1. The van der Waals surface area contributed by atoms with Gasteiger partial charge in [0, 0.05) is 4.88 Å². The maximum atomic E-state index is 13.3. The molecule has 0 radical (unpaired) electrons. The molecule has 2 aromatic rings. The van der Waals surface area contributed by atoms with Crippen LogP contribution in [-0.2, 0) is 12.8 Å². The highest BCUT2D eigenvalue weighted by Crippen LogP contribution is 2.40. The maximum Gasteiger partial charge on any atom is 0.258 e. The molecular weight excluding hydrogens is 256 g/mol. The Morgan fingerprint density at radius 2 is 1.78 bits per heavy atom. The summed E-state index contributed by atoms with van der Waals surface area (Å²) in [4.78, 5) is 12.4. The van der Waals surface area contributed by atoms with Crippen LogP contribution in [0.4, 0.5) is 8.78 Å². The molecule has 1 aromatic carbocycles. The van der Waals surface area contributed by atoms with Gasteiger partial charge in [-0.2, -0.15) is 0 Å². The number of halogens is 2. The van der Waals surface area contributed by atoms with E-state index in [2.05, 4.69) is 0 Å². The highest BCUT2D eigenvalue weighted by atomic mass is 32.1. The number of carbonyl (C=O) groups is 1. The Morgan fingerprint density at radius 1 is 1.11 bits per heavy atom. The number of aryl methyl sites for hydroxylation is 2. The SMILES string of the molecule is NC(=O)c1cc2c(s1)-c1cc(F)c(F)cc1CC2. The Hall–Kier alpha value is -1.75. The summed E-state index contributed by atoms with van der Waals surface area (Å²) in [5, 5.41) is 0. The molecule has 18 heavy (non-hydrogen) atoms. The van der Waals surface area contributed by atoms with E-state index < -0.39 is 17.5 Å². The van der Waals surface area contributed by atoms with Crippen molar-refractivity contribution in [2.45, 2.75) is 12.8 Å². The van der Waals surface area contributed by atoms with E-state index in [0.717, 1.165) is 22.4 Å². The number of fused-ring (bicyclic) bond motifs is 3. The zero-order valence-electron chi connectivity index (χ0n) is 9.30. The molecule has 1 aliphatic carbocycles. The quantitative estimate of drug-likeness (QED) is 0.846. The summed E-state index contributed by atoms with van der Waals surface area (Å²) < 4.78 is 26.5. The van der Waals surface area contributed by atoms with E-state index in [1.165, 1.54) is 23.5 Å². The van der Waals surface area contributed by atoms with Gasteiger partial charge in [0.25, 0.3) is 5.91 Å². The fraction of sp³-hybridized carbons (Fsp3) is 0.154. The highest BCUT2D eigenvalue weighted by Gasteiger charge is 2.22. The highest BCUT2D eigenvalue weighted by molar-refractivity contribution is 7.17.